The molecule has 138 valence electrons. The first-order chi connectivity index (χ1) is 12.3. The molecule has 5 nitrogen and oxygen atoms in total. The molecule has 0 unspecified atom stereocenters. The van der Waals surface area contributed by atoms with Crippen LogP contribution in [-0.4, -0.2) is 31.1 Å². The summed E-state index contributed by atoms with van der Waals surface area (Å²) in [6.07, 6.45) is -4.53. The van der Waals surface area contributed by atoms with Crippen molar-refractivity contribution in [2.75, 3.05) is 18.5 Å². The largest absolute Gasteiger partial charge is 0.482 e. The summed E-state index contributed by atoms with van der Waals surface area (Å²) in [5, 5.41) is 4.51. The second-order valence-electron chi connectivity index (χ2n) is 5.11. The number of anilines is 1. The Labute approximate surface area is 152 Å². The summed E-state index contributed by atoms with van der Waals surface area (Å²) in [5.74, 6) is -1.24. The summed E-state index contributed by atoms with van der Waals surface area (Å²) in [4.78, 5) is 23.9. The molecule has 26 heavy (non-hydrogen) atoms. The second kappa shape index (κ2) is 8.57. The smallest absolute Gasteiger partial charge is 0.405 e. The fraction of sp³-hybridized carbons (Fsp3) is 0.176. The Morgan fingerprint density at radius 1 is 1.04 bits per heavy atom. The molecule has 0 aliphatic carbocycles. The van der Waals surface area contributed by atoms with Crippen molar-refractivity contribution in [3.8, 4) is 5.75 Å². The molecule has 2 N–H and O–H groups in total. The van der Waals surface area contributed by atoms with Crippen molar-refractivity contribution >= 4 is 29.1 Å². The zero-order chi connectivity index (χ0) is 19.2. The van der Waals surface area contributed by atoms with Crippen LogP contribution in [0, 0.1) is 0 Å². The SMILES string of the molecule is O=C(COc1ccccc1Cl)Nc1ccccc1C(=O)NCC(F)(F)F. The van der Waals surface area contributed by atoms with Crippen LogP contribution in [0.5, 0.6) is 5.75 Å². The summed E-state index contributed by atoms with van der Waals surface area (Å²) in [7, 11) is 0. The standard InChI is InChI=1S/C17H14ClF3N2O3/c18-12-6-2-4-8-14(12)26-9-15(24)23-13-7-3-1-5-11(13)16(25)22-10-17(19,20)21/h1-8H,9-10H2,(H,22,25)(H,23,24). The maximum absolute atomic E-state index is 12.2. The van der Waals surface area contributed by atoms with Crippen LogP contribution < -0.4 is 15.4 Å². The predicted octanol–water partition coefficient (Wildman–Crippen LogP) is 3.65. The number of amides is 2. The van der Waals surface area contributed by atoms with E-state index in [-0.39, 0.29) is 17.9 Å². The number of halogens is 4. The van der Waals surface area contributed by atoms with Crippen LogP contribution in [0.3, 0.4) is 0 Å². The van der Waals surface area contributed by atoms with Crippen molar-refractivity contribution < 1.29 is 27.5 Å². The number of carbonyl (C=O) groups is 2. The van der Waals surface area contributed by atoms with Crippen molar-refractivity contribution in [2.45, 2.75) is 6.18 Å². The topological polar surface area (TPSA) is 67.4 Å². The first-order valence-electron chi connectivity index (χ1n) is 7.37. The first-order valence-corrected chi connectivity index (χ1v) is 7.75. The third-order valence-electron chi connectivity index (χ3n) is 3.09. The van der Waals surface area contributed by atoms with Crippen molar-refractivity contribution in [3.63, 3.8) is 0 Å². The van der Waals surface area contributed by atoms with Gasteiger partial charge in [0.25, 0.3) is 11.8 Å². The molecule has 0 aliphatic heterocycles. The van der Waals surface area contributed by atoms with Gasteiger partial charge in [-0.05, 0) is 24.3 Å². The number of nitrogens with one attached hydrogen (secondary N) is 2. The van der Waals surface area contributed by atoms with Gasteiger partial charge >= 0.3 is 6.18 Å². The molecule has 0 heterocycles. The van der Waals surface area contributed by atoms with Crippen molar-refractivity contribution in [3.05, 3.63) is 59.1 Å². The Morgan fingerprint density at radius 3 is 2.38 bits per heavy atom. The molecule has 2 aromatic rings. The van der Waals surface area contributed by atoms with Gasteiger partial charge in [0, 0.05) is 0 Å². The minimum Gasteiger partial charge on any atom is -0.482 e. The van der Waals surface area contributed by atoms with Gasteiger partial charge in [-0.15, -0.1) is 0 Å². The summed E-state index contributed by atoms with van der Waals surface area (Å²) in [5.41, 5.74) is -0.0252. The molecule has 2 rings (SSSR count). The Kier molecular flexibility index (Phi) is 6.46. The molecular formula is C17H14ClF3N2O3. The van der Waals surface area contributed by atoms with Crippen molar-refractivity contribution in [2.24, 2.45) is 0 Å². The molecular weight excluding hydrogens is 373 g/mol. The van der Waals surface area contributed by atoms with Gasteiger partial charge < -0.3 is 15.4 Å². The van der Waals surface area contributed by atoms with E-state index in [4.69, 9.17) is 16.3 Å². The normalized spacial score (nSPS) is 10.9. The number of para-hydroxylation sites is 2. The molecule has 0 saturated heterocycles. The van der Waals surface area contributed by atoms with E-state index in [2.05, 4.69) is 5.32 Å². The fourth-order valence-electron chi connectivity index (χ4n) is 1.96. The van der Waals surface area contributed by atoms with Crippen LogP contribution in [-0.2, 0) is 4.79 Å². The Hall–Kier alpha value is -2.74. The lowest BCUT2D eigenvalue weighted by molar-refractivity contribution is -0.123. The Balaban J connectivity index is 1.99. The molecule has 2 aromatic carbocycles. The van der Waals surface area contributed by atoms with Gasteiger partial charge in [-0.3, -0.25) is 9.59 Å². The fourth-order valence-corrected chi connectivity index (χ4v) is 2.15. The summed E-state index contributed by atoms with van der Waals surface area (Å²) in [6, 6.07) is 12.3. The lowest BCUT2D eigenvalue weighted by Gasteiger charge is -2.13. The summed E-state index contributed by atoms with van der Waals surface area (Å²) < 4.78 is 41.9. The summed E-state index contributed by atoms with van der Waals surface area (Å²) >= 11 is 5.90. The first kappa shape index (κ1) is 19.6. The van der Waals surface area contributed by atoms with E-state index >= 15 is 0 Å². The van der Waals surface area contributed by atoms with Gasteiger partial charge in [0.05, 0.1) is 16.3 Å². The minimum absolute atomic E-state index is 0.0694. The van der Waals surface area contributed by atoms with Gasteiger partial charge in [0.2, 0.25) is 0 Å². The highest BCUT2D eigenvalue weighted by molar-refractivity contribution is 6.32. The Morgan fingerprint density at radius 2 is 1.69 bits per heavy atom. The number of rotatable bonds is 6. The van der Waals surface area contributed by atoms with Gasteiger partial charge in [-0.25, -0.2) is 0 Å². The highest BCUT2D eigenvalue weighted by Gasteiger charge is 2.28. The van der Waals surface area contributed by atoms with E-state index in [1.54, 1.807) is 29.6 Å². The van der Waals surface area contributed by atoms with E-state index < -0.39 is 24.5 Å². The molecule has 0 bridgehead atoms. The zero-order valence-electron chi connectivity index (χ0n) is 13.3. The lowest BCUT2D eigenvalue weighted by Crippen LogP contribution is -2.34. The predicted molar refractivity (Wildman–Crippen MR) is 90.4 cm³/mol. The molecule has 2 amide bonds. The number of carbonyl (C=O) groups excluding carboxylic acids is 2. The molecule has 0 aliphatic rings. The van der Waals surface area contributed by atoms with Crippen molar-refractivity contribution in [1.82, 2.24) is 5.32 Å². The van der Waals surface area contributed by atoms with Crippen LogP contribution in [0.2, 0.25) is 5.02 Å². The molecule has 0 aromatic heterocycles. The maximum Gasteiger partial charge on any atom is 0.405 e. The third kappa shape index (κ3) is 5.96. The van der Waals surface area contributed by atoms with Crippen molar-refractivity contribution in [1.29, 1.82) is 0 Å². The van der Waals surface area contributed by atoms with E-state index in [1.807, 2.05) is 0 Å². The molecule has 0 saturated carbocycles. The van der Waals surface area contributed by atoms with Gasteiger partial charge in [-0.2, -0.15) is 13.2 Å². The number of ether oxygens (including phenoxy) is 1. The van der Waals surface area contributed by atoms with E-state index in [9.17, 15) is 22.8 Å². The number of benzene rings is 2. The number of alkyl halides is 3. The molecule has 9 heteroatoms. The number of hydrogen-bond donors (Lipinski definition) is 2. The van der Waals surface area contributed by atoms with Crippen LogP contribution in [0.15, 0.2) is 48.5 Å². The van der Waals surface area contributed by atoms with E-state index in [0.29, 0.717) is 10.8 Å². The molecule has 0 fully saturated rings. The number of hydrogen-bond acceptors (Lipinski definition) is 3. The quantitative estimate of drug-likeness (QED) is 0.796. The van der Waals surface area contributed by atoms with Gasteiger partial charge in [0.1, 0.15) is 12.3 Å². The van der Waals surface area contributed by atoms with Gasteiger partial charge in [-0.1, -0.05) is 35.9 Å². The minimum atomic E-state index is -4.53. The van der Waals surface area contributed by atoms with Crippen LogP contribution >= 0.6 is 11.6 Å². The van der Waals surface area contributed by atoms with E-state index in [0.717, 1.165) is 0 Å². The zero-order valence-corrected chi connectivity index (χ0v) is 14.0. The average molecular weight is 387 g/mol. The van der Waals surface area contributed by atoms with E-state index in [1.165, 1.54) is 24.3 Å². The highest BCUT2D eigenvalue weighted by atomic mass is 35.5. The van der Waals surface area contributed by atoms with Gasteiger partial charge in [0.15, 0.2) is 6.61 Å². The monoisotopic (exact) mass is 386 g/mol. The molecule has 0 spiro atoms. The highest BCUT2D eigenvalue weighted by Crippen LogP contribution is 2.23. The van der Waals surface area contributed by atoms with Crippen LogP contribution in [0.4, 0.5) is 18.9 Å². The average Bonchev–Trinajstić information content (AvgIpc) is 2.59. The summed E-state index contributed by atoms with van der Waals surface area (Å²) in [6.45, 7) is -1.86. The molecule has 0 atom stereocenters. The molecule has 0 radical (unpaired) electrons. The second-order valence-corrected chi connectivity index (χ2v) is 5.52. The third-order valence-corrected chi connectivity index (χ3v) is 3.40. The van der Waals surface area contributed by atoms with Crippen LogP contribution in [0.25, 0.3) is 0 Å². The lowest BCUT2D eigenvalue weighted by atomic mass is 10.1. The Bertz CT molecular complexity index is 797. The van der Waals surface area contributed by atoms with Crippen LogP contribution in [0.1, 0.15) is 10.4 Å². The maximum atomic E-state index is 12.2.